The minimum atomic E-state index is -0.654. The number of ether oxygens (including phenoxy) is 2. The zero-order chi connectivity index (χ0) is 19.1. The van der Waals surface area contributed by atoms with Gasteiger partial charge >= 0.3 is 5.97 Å². The molecule has 0 bridgehead atoms. The summed E-state index contributed by atoms with van der Waals surface area (Å²) in [6.07, 6.45) is 5.92. The summed E-state index contributed by atoms with van der Waals surface area (Å²) in [5.41, 5.74) is 7.83. The first-order valence-electron chi connectivity index (χ1n) is 9.91. The van der Waals surface area contributed by atoms with E-state index < -0.39 is 6.10 Å². The molecule has 1 aromatic carbocycles. The van der Waals surface area contributed by atoms with E-state index in [1.165, 1.54) is 32.1 Å². The lowest BCUT2D eigenvalue weighted by atomic mass is 9.79. The average molecular weight is 363 g/mol. The van der Waals surface area contributed by atoms with Gasteiger partial charge in [0.05, 0.1) is 18.0 Å². The van der Waals surface area contributed by atoms with Crippen LogP contribution in [0.25, 0.3) is 0 Å². The Hall–Kier alpha value is -1.91. The highest BCUT2D eigenvalue weighted by atomic mass is 16.6. The van der Waals surface area contributed by atoms with E-state index in [4.69, 9.17) is 15.2 Å². The number of hydrogen-bond donors (Lipinski definition) is 2. The van der Waals surface area contributed by atoms with Crippen LogP contribution in [-0.2, 0) is 9.53 Å². The van der Waals surface area contributed by atoms with E-state index in [2.05, 4.69) is 19.2 Å². The Morgan fingerprint density at radius 3 is 2.50 bits per heavy atom. The maximum Gasteiger partial charge on any atom is 0.347 e. The first-order valence-corrected chi connectivity index (χ1v) is 9.91. The van der Waals surface area contributed by atoms with Crippen molar-refractivity contribution >= 4 is 17.3 Å². The lowest BCUT2D eigenvalue weighted by Crippen LogP contribution is -2.35. The fourth-order valence-electron chi connectivity index (χ4n) is 3.76. The second-order valence-electron chi connectivity index (χ2n) is 7.57. The Kier molecular flexibility index (Phi) is 7.61. The summed E-state index contributed by atoms with van der Waals surface area (Å²) < 4.78 is 10.6. The molecule has 0 spiro atoms. The molecule has 1 fully saturated rings. The van der Waals surface area contributed by atoms with Gasteiger partial charge < -0.3 is 20.5 Å². The number of nitrogens with one attached hydrogen (secondary N) is 1. The second-order valence-corrected chi connectivity index (χ2v) is 7.57. The molecule has 2 rings (SSSR count). The molecule has 5 nitrogen and oxygen atoms in total. The van der Waals surface area contributed by atoms with Gasteiger partial charge in [-0.05, 0) is 50.7 Å². The van der Waals surface area contributed by atoms with Crippen LogP contribution in [0.4, 0.5) is 11.4 Å². The van der Waals surface area contributed by atoms with Gasteiger partial charge in [0, 0.05) is 12.1 Å². The molecule has 0 heterocycles. The molecule has 146 valence electrons. The van der Waals surface area contributed by atoms with Crippen molar-refractivity contribution in [2.45, 2.75) is 71.9 Å². The van der Waals surface area contributed by atoms with Crippen LogP contribution < -0.4 is 15.8 Å². The van der Waals surface area contributed by atoms with Crippen molar-refractivity contribution in [2.24, 2.45) is 11.8 Å². The fourth-order valence-corrected chi connectivity index (χ4v) is 3.76. The number of hydrogen-bond acceptors (Lipinski definition) is 5. The Balaban J connectivity index is 2.04. The Labute approximate surface area is 157 Å². The zero-order valence-electron chi connectivity index (χ0n) is 16.6. The number of carbonyl (C=O) groups excluding carboxylic acids is 1. The molecule has 1 saturated carbocycles. The topological polar surface area (TPSA) is 73.6 Å². The third-order valence-corrected chi connectivity index (χ3v) is 5.15. The molecule has 0 aromatic heterocycles. The highest BCUT2D eigenvalue weighted by Crippen LogP contribution is 2.33. The van der Waals surface area contributed by atoms with Crippen molar-refractivity contribution in [3.63, 3.8) is 0 Å². The number of esters is 1. The maximum atomic E-state index is 11.7. The molecule has 0 aliphatic heterocycles. The van der Waals surface area contributed by atoms with Crippen LogP contribution in [0.3, 0.4) is 0 Å². The lowest BCUT2D eigenvalue weighted by molar-refractivity contribution is -0.150. The molecule has 1 aromatic rings. The highest BCUT2D eigenvalue weighted by Gasteiger charge is 2.26. The molecule has 0 radical (unpaired) electrons. The quantitative estimate of drug-likeness (QED) is 0.521. The van der Waals surface area contributed by atoms with E-state index in [-0.39, 0.29) is 5.97 Å². The van der Waals surface area contributed by atoms with Gasteiger partial charge in [-0.1, -0.05) is 33.1 Å². The van der Waals surface area contributed by atoms with Crippen molar-refractivity contribution in [1.29, 1.82) is 0 Å². The van der Waals surface area contributed by atoms with E-state index in [0.29, 0.717) is 35.9 Å². The molecule has 3 N–H and O–H groups in total. The summed E-state index contributed by atoms with van der Waals surface area (Å²) in [7, 11) is 0. The first-order chi connectivity index (χ1) is 12.4. The van der Waals surface area contributed by atoms with Gasteiger partial charge in [0.25, 0.3) is 0 Å². The van der Waals surface area contributed by atoms with Crippen molar-refractivity contribution in [3.8, 4) is 5.75 Å². The van der Waals surface area contributed by atoms with Gasteiger partial charge in [0.2, 0.25) is 0 Å². The molecule has 2 atom stereocenters. The SMILES string of the molecule is CCOC(=O)C(C)Oc1ccc(NC(C(C)C)C2CCCCC2)c(N)c1. The van der Waals surface area contributed by atoms with Crippen LogP contribution in [0.1, 0.15) is 59.8 Å². The van der Waals surface area contributed by atoms with Crippen LogP contribution in [0.5, 0.6) is 5.75 Å². The van der Waals surface area contributed by atoms with Crippen LogP contribution in [-0.4, -0.2) is 24.7 Å². The second kappa shape index (κ2) is 9.70. The highest BCUT2D eigenvalue weighted by molar-refractivity contribution is 5.75. The Bertz CT molecular complexity index is 583. The van der Waals surface area contributed by atoms with Crippen molar-refractivity contribution in [1.82, 2.24) is 0 Å². The molecule has 1 aliphatic carbocycles. The fraction of sp³-hybridized carbons (Fsp3) is 0.667. The standard InChI is InChI=1S/C21H34N2O3/c1-5-25-21(24)15(4)26-17-11-12-19(18(22)13-17)23-20(14(2)3)16-9-7-6-8-10-16/h11-16,20,23H,5-10,22H2,1-4H3. The van der Waals surface area contributed by atoms with E-state index in [1.54, 1.807) is 19.9 Å². The smallest absolute Gasteiger partial charge is 0.347 e. The predicted molar refractivity (Wildman–Crippen MR) is 106 cm³/mol. The number of benzene rings is 1. The van der Waals surface area contributed by atoms with Gasteiger partial charge in [-0.15, -0.1) is 0 Å². The molecular formula is C21H34N2O3. The van der Waals surface area contributed by atoms with Crippen molar-refractivity contribution < 1.29 is 14.3 Å². The summed E-state index contributed by atoms with van der Waals surface area (Å²) in [6, 6.07) is 5.99. The summed E-state index contributed by atoms with van der Waals surface area (Å²) in [6.45, 7) is 8.33. The van der Waals surface area contributed by atoms with E-state index in [1.807, 2.05) is 12.1 Å². The minimum Gasteiger partial charge on any atom is -0.479 e. The molecule has 1 aliphatic rings. The maximum absolute atomic E-state index is 11.7. The van der Waals surface area contributed by atoms with Gasteiger partial charge in [-0.25, -0.2) is 4.79 Å². The van der Waals surface area contributed by atoms with Gasteiger partial charge in [0.1, 0.15) is 5.75 Å². The number of rotatable bonds is 8. The number of nitrogen functional groups attached to an aromatic ring is 1. The normalized spacial score (nSPS) is 17.6. The van der Waals surface area contributed by atoms with Crippen LogP contribution in [0.2, 0.25) is 0 Å². The number of carbonyl (C=O) groups is 1. The van der Waals surface area contributed by atoms with Gasteiger partial charge in [-0.3, -0.25) is 0 Å². The lowest BCUT2D eigenvalue weighted by Gasteiger charge is -2.34. The largest absolute Gasteiger partial charge is 0.479 e. The zero-order valence-corrected chi connectivity index (χ0v) is 16.6. The van der Waals surface area contributed by atoms with Crippen LogP contribution in [0.15, 0.2) is 18.2 Å². The summed E-state index contributed by atoms with van der Waals surface area (Å²) in [5.74, 6) is 1.44. The van der Waals surface area contributed by atoms with E-state index >= 15 is 0 Å². The third-order valence-electron chi connectivity index (χ3n) is 5.15. The molecular weight excluding hydrogens is 328 g/mol. The average Bonchev–Trinajstić information content (AvgIpc) is 2.61. The predicted octanol–water partition coefficient (Wildman–Crippen LogP) is 4.62. The van der Waals surface area contributed by atoms with Gasteiger partial charge in [0.15, 0.2) is 6.10 Å². The number of nitrogens with two attached hydrogens (primary N) is 1. The summed E-state index contributed by atoms with van der Waals surface area (Å²) >= 11 is 0. The van der Waals surface area contributed by atoms with Gasteiger partial charge in [-0.2, -0.15) is 0 Å². The first kappa shape index (κ1) is 20.4. The molecule has 2 unspecified atom stereocenters. The minimum absolute atomic E-state index is 0.343. The monoisotopic (exact) mass is 362 g/mol. The van der Waals surface area contributed by atoms with E-state index in [0.717, 1.165) is 5.69 Å². The molecule has 26 heavy (non-hydrogen) atoms. The molecule has 5 heteroatoms. The molecule has 0 amide bonds. The van der Waals surface area contributed by atoms with E-state index in [9.17, 15) is 4.79 Å². The third kappa shape index (κ3) is 5.55. The van der Waals surface area contributed by atoms with Crippen molar-refractivity contribution in [2.75, 3.05) is 17.7 Å². The van der Waals surface area contributed by atoms with Crippen LogP contribution >= 0.6 is 0 Å². The number of anilines is 2. The van der Waals surface area contributed by atoms with Crippen molar-refractivity contribution in [3.05, 3.63) is 18.2 Å². The molecule has 0 saturated heterocycles. The summed E-state index contributed by atoms with van der Waals surface area (Å²) in [5, 5.41) is 3.67. The Morgan fingerprint density at radius 1 is 1.23 bits per heavy atom. The summed E-state index contributed by atoms with van der Waals surface area (Å²) in [4.78, 5) is 11.7. The van der Waals surface area contributed by atoms with Crippen LogP contribution in [0, 0.1) is 11.8 Å². The Morgan fingerprint density at radius 2 is 1.92 bits per heavy atom.